The molecule has 7 nitrogen and oxygen atoms in total. The molecule has 1 aromatic carbocycles. The van der Waals surface area contributed by atoms with Crippen molar-refractivity contribution < 1.29 is 4.79 Å². The lowest BCUT2D eigenvalue weighted by molar-refractivity contribution is 0.00117. The Balaban J connectivity index is 1.32. The SMILES string of the molecule is Cc1cncc(C(=O)N2CCCCC2N2CCC(n3c(=O)[nH]c4ccccc43)CC2)c1. The van der Waals surface area contributed by atoms with E-state index in [0.29, 0.717) is 5.56 Å². The maximum Gasteiger partial charge on any atom is 0.326 e. The van der Waals surface area contributed by atoms with E-state index < -0.39 is 0 Å². The summed E-state index contributed by atoms with van der Waals surface area (Å²) in [5, 5.41) is 0. The van der Waals surface area contributed by atoms with Crippen molar-refractivity contribution in [1.82, 2.24) is 24.3 Å². The van der Waals surface area contributed by atoms with Gasteiger partial charge in [-0.2, -0.15) is 0 Å². The third-order valence-electron chi connectivity index (χ3n) is 6.76. The quantitative estimate of drug-likeness (QED) is 0.707. The fourth-order valence-electron chi connectivity index (χ4n) is 5.25. The number of para-hydroxylation sites is 2. The van der Waals surface area contributed by atoms with E-state index in [1.807, 2.05) is 46.7 Å². The fraction of sp³-hybridized carbons (Fsp3) is 0.458. The van der Waals surface area contributed by atoms with Gasteiger partial charge in [-0.3, -0.25) is 19.2 Å². The van der Waals surface area contributed by atoms with Gasteiger partial charge in [0.2, 0.25) is 0 Å². The van der Waals surface area contributed by atoms with Crippen molar-refractivity contribution in [1.29, 1.82) is 0 Å². The fourth-order valence-corrected chi connectivity index (χ4v) is 5.25. The average molecular weight is 420 g/mol. The zero-order valence-corrected chi connectivity index (χ0v) is 18.0. The summed E-state index contributed by atoms with van der Waals surface area (Å²) in [5.41, 5.74) is 3.52. The van der Waals surface area contributed by atoms with Crippen LogP contribution in [0, 0.1) is 6.92 Å². The molecule has 2 fully saturated rings. The first kappa shape index (κ1) is 20.0. The number of hydrogen-bond acceptors (Lipinski definition) is 4. The number of H-pyrrole nitrogens is 1. The highest BCUT2D eigenvalue weighted by molar-refractivity contribution is 5.94. The van der Waals surface area contributed by atoms with Crippen molar-refractivity contribution in [2.24, 2.45) is 0 Å². The molecule has 162 valence electrons. The van der Waals surface area contributed by atoms with Gasteiger partial charge < -0.3 is 9.88 Å². The van der Waals surface area contributed by atoms with E-state index in [1.165, 1.54) is 0 Å². The standard InChI is InChI=1S/C24H29N5O2/c1-17-14-18(16-25-15-17)23(30)28-11-5-4-8-22(28)27-12-9-19(10-13-27)29-21-7-3-2-6-20(21)26-24(29)31/h2-3,6-7,14-16,19,22H,4-5,8-13H2,1H3,(H,26,31). The average Bonchev–Trinajstić information content (AvgIpc) is 3.14. The van der Waals surface area contributed by atoms with Crippen molar-refractivity contribution in [2.75, 3.05) is 19.6 Å². The number of aryl methyl sites for hydroxylation is 1. The Morgan fingerprint density at radius 1 is 1.06 bits per heavy atom. The van der Waals surface area contributed by atoms with Gasteiger partial charge in [0.15, 0.2) is 0 Å². The largest absolute Gasteiger partial charge is 0.326 e. The lowest BCUT2D eigenvalue weighted by atomic mass is 9.99. The normalized spacial score (nSPS) is 20.9. The van der Waals surface area contributed by atoms with Crippen LogP contribution in [-0.4, -0.2) is 56.0 Å². The van der Waals surface area contributed by atoms with Crippen LogP contribution in [0.5, 0.6) is 0 Å². The Hall–Kier alpha value is -2.93. The van der Waals surface area contributed by atoms with Gasteiger partial charge in [0.1, 0.15) is 0 Å². The van der Waals surface area contributed by atoms with E-state index in [4.69, 9.17) is 0 Å². The predicted molar refractivity (Wildman–Crippen MR) is 120 cm³/mol. The smallest absolute Gasteiger partial charge is 0.323 e. The van der Waals surface area contributed by atoms with E-state index in [1.54, 1.807) is 12.4 Å². The van der Waals surface area contributed by atoms with Crippen molar-refractivity contribution in [3.8, 4) is 0 Å². The van der Waals surface area contributed by atoms with Crippen LogP contribution in [0.15, 0.2) is 47.5 Å². The number of likely N-dealkylation sites (tertiary alicyclic amines) is 2. The topological polar surface area (TPSA) is 74.2 Å². The Morgan fingerprint density at radius 3 is 2.68 bits per heavy atom. The highest BCUT2D eigenvalue weighted by atomic mass is 16.2. The first-order valence-corrected chi connectivity index (χ1v) is 11.3. The molecule has 5 rings (SSSR count). The Labute approximate surface area is 181 Å². The number of aromatic amines is 1. The first-order chi connectivity index (χ1) is 15.1. The molecule has 31 heavy (non-hydrogen) atoms. The van der Waals surface area contributed by atoms with E-state index in [9.17, 15) is 9.59 Å². The van der Waals surface area contributed by atoms with E-state index in [0.717, 1.165) is 68.3 Å². The predicted octanol–water partition coefficient (Wildman–Crippen LogP) is 3.32. The highest BCUT2D eigenvalue weighted by Gasteiger charge is 2.34. The molecule has 0 radical (unpaired) electrons. The second-order valence-electron chi connectivity index (χ2n) is 8.81. The summed E-state index contributed by atoms with van der Waals surface area (Å²) in [6.07, 6.45) is 8.59. The summed E-state index contributed by atoms with van der Waals surface area (Å²) in [7, 11) is 0. The zero-order chi connectivity index (χ0) is 21.4. The molecule has 7 heteroatoms. The molecule has 1 unspecified atom stereocenters. The molecule has 2 saturated heterocycles. The van der Waals surface area contributed by atoms with Crippen molar-refractivity contribution in [3.05, 3.63) is 64.3 Å². The molecule has 3 aromatic rings. The van der Waals surface area contributed by atoms with Gasteiger partial charge in [0.05, 0.1) is 22.8 Å². The molecule has 0 bridgehead atoms. The summed E-state index contributed by atoms with van der Waals surface area (Å²) < 4.78 is 1.93. The monoisotopic (exact) mass is 419 g/mol. The third-order valence-corrected chi connectivity index (χ3v) is 6.76. The lowest BCUT2D eigenvalue weighted by Crippen LogP contribution is -2.55. The summed E-state index contributed by atoms with van der Waals surface area (Å²) in [5.74, 6) is 0.0795. The maximum absolute atomic E-state index is 13.3. The maximum atomic E-state index is 13.3. The molecule has 2 aromatic heterocycles. The number of hydrogen-bond donors (Lipinski definition) is 1. The van der Waals surface area contributed by atoms with Crippen molar-refractivity contribution in [3.63, 3.8) is 0 Å². The van der Waals surface area contributed by atoms with Crippen LogP contribution in [0.25, 0.3) is 11.0 Å². The van der Waals surface area contributed by atoms with Gasteiger partial charge in [-0.1, -0.05) is 12.1 Å². The van der Waals surface area contributed by atoms with Gasteiger partial charge in [0, 0.05) is 38.1 Å². The van der Waals surface area contributed by atoms with Crippen LogP contribution in [0.2, 0.25) is 0 Å². The summed E-state index contributed by atoms with van der Waals surface area (Å²) in [4.78, 5) is 37.5. The number of carbonyl (C=O) groups excluding carboxylic acids is 1. The first-order valence-electron chi connectivity index (χ1n) is 11.3. The number of amides is 1. The second-order valence-corrected chi connectivity index (χ2v) is 8.81. The summed E-state index contributed by atoms with van der Waals surface area (Å²) in [6.45, 7) is 4.53. The number of aromatic nitrogens is 3. The van der Waals surface area contributed by atoms with Crippen LogP contribution >= 0.6 is 0 Å². The van der Waals surface area contributed by atoms with Gasteiger partial charge in [-0.25, -0.2) is 4.79 Å². The molecular formula is C24H29N5O2. The van der Waals surface area contributed by atoms with Gasteiger partial charge in [-0.15, -0.1) is 0 Å². The van der Waals surface area contributed by atoms with Crippen molar-refractivity contribution >= 4 is 16.9 Å². The number of carbonyl (C=O) groups is 1. The number of benzene rings is 1. The minimum Gasteiger partial charge on any atom is -0.323 e. The molecule has 1 N–H and O–H groups in total. The number of fused-ring (bicyclic) bond motifs is 1. The number of rotatable bonds is 3. The van der Waals surface area contributed by atoms with E-state index in [-0.39, 0.29) is 23.8 Å². The molecule has 0 spiro atoms. The molecular weight excluding hydrogens is 390 g/mol. The molecule has 0 saturated carbocycles. The van der Waals surface area contributed by atoms with Gasteiger partial charge in [-0.05, 0) is 62.8 Å². The minimum absolute atomic E-state index is 0.0268. The van der Waals surface area contributed by atoms with Gasteiger partial charge in [0.25, 0.3) is 5.91 Å². The molecule has 2 aliphatic rings. The number of nitrogens with zero attached hydrogens (tertiary/aromatic N) is 4. The molecule has 1 amide bonds. The van der Waals surface area contributed by atoms with Crippen LogP contribution in [0.1, 0.15) is 54.1 Å². The minimum atomic E-state index is -0.0268. The van der Waals surface area contributed by atoms with Crippen molar-refractivity contribution in [2.45, 2.75) is 51.2 Å². The summed E-state index contributed by atoms with van der Waals surface area (Å²) in [6, 6.07) is 10.0. The number of imidazole rings is 1. The molecule has 1 atom stereocenters. The number of piperidine rings is 2. The second kappa shape index (κ2) is 8.30. The zero-order valence-electron chi connectivity index (χ0n) is 18.0. The van der Waals surface area contributed by atoms with E-state index in [2.05, 4.69) is 14.9 Å². The third kappa shape index (κ3) is 3.78. The number of nitrogens with one attached hydrogen (secondary N) is 1. The van der Waals surface area contributed by atoms with Gasteiger partial charge >= 0.3 is 5.69 Å². The van der Waals surface area contributed by atoms with E-state index >= 15 is 0 Å². The Kier molecular flexibility index (Phi) is 5.36. The van der Waals surface area contributed by atoms with Crippen LogP contribution in [-0.2, 0) is 0 Å². The lowest BCUT2D eigenvalue weighted by Gasteiger charge is -2.45. The van der Waals surface area contributed by atoms with Crippen LogP contribution < -0.4 is 5.69 Å². The molecule has 2 aliphatic heterocycles. The Bertz CT molecular complexity index is 1140. The molecule has 4 heterocycles. The van der Waals surface area contributed by atoms with Crippen LogP contribution in [0.3, 0.4) is 0 Å². The Morgan fingerprint density at radius 2 is 1.87 bits per heavy atom. The van der Waals surface area contributed by atoms with Crippen LogP contribution in [0.4, 0.5) is 0 Å². The number of pyridine rings is 1. The summed E-state index contributed by atoms with van der Waals surface area (Å²) >= 11 is 0. The molecule has 0 aliphatic carbocycles. The highest BCUT2D eigenvalue weighted by Crippen LogP contribution is 2.30.